The Balaban J connectivity index is 2.17. The third-order valence-electron chi connectivity index (χ3n) is 3.97. The number of ether oxygens (including phenoxy) is 1. The number of hydrogen-bond acceptors (Lipinski definition) is 6. The number of halogens is 1. The van der Waals surface area contributed by atoms with Crippen LogP contribution in [0.5, 0.6) is 0 Å². The number of aromatic nitrogens is 4. The van der Waals surface area contributed by atoms with Gasteiger partial charge in [-0.1, -0.05) is 17.7 Å². The summed E-state index contributed by atoms with van der Waals surface area (Å²) in [5.41, 5.74) is 7.16. The highest BCUT2D eigenvalue weighted by atomic mass is 35.5. The number of pyridine rings is 2. The van der Waals surface area contributed by atoms with E-state index in [9.17, 15) is 4.79 Å². The standard InChI is InChI=1S/C20H23ClN6O2/c1-5-7-15(26-19(28)29-20(2,3)4)27-17(12-8-6-11-23-16(12)22)24-13-9-10-14(21)25-18(13)27/h5-6,8-11,15H,1,7H2,2-4H3,(H2,22,23)(H,26,28). The number of nitrogens with two attached hydrogens (primary N) is 1. The zero-order chi connectivity index (χ0) is 21.2. The molecule has 0 radical (unpaired) electrons. The van der Waals surface area contributed by atoms with Crippen LogP contribution in [-0.2, 0) is 4.74 Å². The first-order valence-corrected chi connectivity index (χ1v) is 9.43. The number of nitrogens with one attached hydrogen (secondary N) is 1. The minimum Gasteiger partial charge on any atom is -0.444 e. The molecule has 3 N–H and O–H groups in total. The minimum atomic E-state index is -0.641. The molecule has 3 rings (SSSR count). The SMILES string of the molecule is C=CCC(NC(=O)OC(C)(C)C)n1c(-c2cccnc2N)nc2ccc(Cl)nc21. The first-order valence-electron chi connectivity index (χ1n) is 9.05. The van der Waals surface area contributed by atoms with Gasteiger partial charge in [0, 0.05) is 12.6 Å². The molecule has 0 bridgehead atoms. The number of anilines is 1. The summed E-state index contributed by atoms with van der Waals surface area (Å²) < 4.78 is 7.18. The summed E-state index contributed by atoms with van der Waals surface area (Å²) in [5, 5.41) is 3.17. The second-order valence-corrected chi connectivity index (χ2v) is 7.79. The van der Waals surface area contributed by atoms with E-state index in [1.165, 1.54) is 0 Å². The summed E-state index contributed by atoms with van der Waals surface area (Å²) in [5.74, 6) is 0.813. The van der Waals surface area contributed by atoms with E-state index >= 15 is 0 Å². The fourth-order valence-electron chi connectivity index (χ4n) is 2.87. The summed E-state index contributed by atoms with van der Waals surface area (Å²) in [6.07, 6.45) is 2.54. The summed E-state index contributed by atoms with van der Waals surface area (Å²) in [4.78, 5) is 25.7. The molecule has 0 spiro atoms. The largest absolute Gasteiger partial charge is 0.444 e. The normalized spacial score (nSPS) is 12.6. The van der Waals surface area contributed by atoms with E-state index in [0.717, 1.165) is 0 Å². The molecule has 0 aromatic carbocycles. The summed E-state index contributed by atoms with van der Waals surface area (Å²) >= 11 is 6.13. The molecule has 0 aliphatic rings. The van der Waals surface area contributed by atoms with Gasteiger partial charge < -0.3 is 15.8 Å². The Kier molecular flexibility index (Phi) is 5.74. The predicted octanol–water partition coefficient (Wildman–Crippen LogP) is 4.33. The number of fused-ring (bicyclic) bond motifs is 1. The van der Waals surface area contributed by atoms with E-state index in [4.69, 9.17) is 22.1 Å². The lowest BCUT2D eigenvalue weighted by Gasteiger charge is -2.25. The van der Waals surface area contributed by atoms with Crippen molar-refractivity contribution < 1.29 is 9.53 Å². The molecule has 1 amide bonds. The van der Waals surface area contributed by atoms with Crippen LogP contribution in [0.3, 0.4) is 0 Å². The van der Waals surface area contributed by atoms with Gasteiger partial charge in [0.1, 0.15) is 34.1 Å². The van der Waals surface area contributed by atoms with Crippen molar-refractivity contribution in [2.75, 3.05) is 5.73 Å². The maximum absolute atomic E-state index is 12.5. The van der Waals surface area contributed by atoms with E-state index in [1.807, 2.05) is 0 Å². The lowest BCUT2D eigenvalue weighted by Crippen LogP contribution is -2.37. The van der Waals surface area contributed by atoms with E-state index in [0.29, 0.717) is 39.9 Å². The van der Waals surface area contributed by atoms with Gasteiger partial charge in [-0.15, -0.1) is 6.58 Å². The molecule has 3 aromatic rings. The first kappa shape index (κ1) is 20.6. The molecule has 9 heteroatoms. The molecule has 3 aromatic heterocycles. The van der Waals surface area contributed by atoms with Crippen LogP contribution < -0.4 is 11.1 Å². The highest BCUT2D eigenvalue weighted by molar-refractivity contribution is 6.29. The van der Waals surface area contributed by atoms with Gasteiger partial charge in [0.15, 0.2) is 5.65 Å². The van der Waals surface area contributed by atoms with Gasteiger partial charge in [-0.3, -0.25) is 4.57 Å². The van der Waals surface area contributed by atoms with Crippen molar-refractivity contribution in [3.8, 4) is 11.4 Å². The number of alkyl carbamates (subject to hydrolysis) is 1. The molecule has 0 saturated heterocycles. The summed E-state index contributed by atoms with van der Waals surface area (Å²) in [6.45, 7) is 9.19. The van der Waals surface area contributed by atoms with Gasteiger partial charge in [0.25, 0.3) is 0 Å². The molecular formula is C20H23ClN6O2. The Hall–Kier alpha value is -3.13. The van der Waals surface area contributed by atoms with Crippen LogP contribution in [-0.4, -0.2) is 31.2 Å². The third-order valence-corrected chi connectivity index (χ3v) is 4.18. The Morgan fingerprint density at radius 2 is 2.14 bits per heavy atom. The molecule has 8 nitrogen and oxygen atoms in total. The van der Waals surface area contributed by atoms with E-state index in [1.54, 1.807) is 61.9 Å². The molecular weight excluding hydrogens is 392 g/mol. The zero-order valence-corrected chi connectivity index (χ0v) is 17.3. The van der Waals surface area contributed by atoms with Crippen LogP contribution in [0.2, 0.25) is 5.15 Å². The topological polar surface area (TPSA) is 108 Å². The van der Waals surface area contributed by atoms with Crippen molar-refractivity contribution in [3.05, 3.63) is 48.3 Å². The molecule has 3 heterocycles. The average molecular weight is 415 g/mol. The van der Waals surface area contributed by atoms with Crippen molar-refractivity contribution in [2.24, 2.45) is 0 Å². The molecule has 0 aliphatic heterocycles. The van der Waals surface area contributed by atoms with Gasteiger partial charge >= 0.3 is 6.09 Å². The van der Waals surface area contributed by atoms with E-state index < -0.39 is 17.9 Å². The maximum atomic E-state index is 12.5. The summed E-state index contributed by atoms with van der Waals surface area (Å²) in [7, 11) is 0. The molecule has 1 atom stereocenters. The van der Waals surface area contributed by atoms with Crippen LogP contribution in [0.4, 0.5) is 10.6 Å². The molecule has 1 unspecified atom stereocenters. The molecule has 0 fully saturated rings. The van der Waals surface area contributed by atoms with Crippen molar-refractivity contribution in [2.45, 2.75) is 39.0 Å². The van der Waals surface area contributed by atoms with Gasteiger partial charge in [-0.25, -0.2) is 19.7 Å². The number of nitrogen functional groups attached to an aromatic ring is 1. The Labute approximate surface area is 173 Å². The van der Waals surface area contributed by atoms with Crippen molar-refractivity contribution in [1.29, 1.82) is 0 Å². The molecule has 0 aliphatic carbocycles. The fourth-order valence-corrected chi connectivity index (χ4v) is 3.02. The van der Waals surface area contributed by atoms with Crippen LogP contribution in [0.25, 0.3) is 22.6 Å². The zero-order valence-electron chi connectivity index (χ0n) is 16.5. The quantitative estimate of drug-likeness (QED) is 0.475. The van der Waals surface area contributed by atoms with Crippen molar-refractivity contribution >= 4 is 34.7 Å². The molecule has 0 saturated carbocycles. The lowest BCUT2D eigenvalue weighted by molar-refractivity contribution is 0.0484. The van der Waals surface area contributed by atoms with E-state index in [-0.39, 0.29) is 0 Å². The third kappa shape index (κ3) is 4.65. The molecule has 152 valence electrons. The Morgan fingerprint density at radius 3 is 2.79 bits per heavy atom. The van der Waals surface area contributed by atoms with Crippen LogP contribution in [0.15, 0.2) is 43.1 Å². The highest BCUT2D eigenvalue weighted by Crippen LogP contribution is 2.31. The maximum Gasteiger partial charge on any atom is 0.409 e. The highest BCUT2D eigenvalue weighted by Gasteiger charge is 2.25. The summed E-state index contributed by atoms with van der Waals surface area (Å²) in [6, 6.07) is 6.98. The van der Waals surface area contributed by atoms with E-state index in [2.05, 4.69) is 26.8 Å². The van der Waals surface area contributed by atoms with Gasteiger partial charge in [0.05, 0.1) is 5.56 Å². The van der Waals surface area contributed by atoms with Crippen molar-refractivity contribution in [3.63, 3.8) is 0 Å². The first-order chi connectivity index (χ1) is 13.7. The number of hydrogen-bond donors (Lipinski definition) is 2. The average Bonchev–Trinajstić information content (AvgIpc) is 2.98. The predicted molar refractivity (Wildman–Crippen MR) is 113 cm³/mol. The van der Waals surface area contributed by atoms with Gasteiger partial charge in [-0.05, 0) is 45.0 Å². The van der Waals surface area contributed by atoms with Crippen LogP contribution >= 0.6 is 11.6 Å². The Bertz CT molecular complexity index is 1060. The van der Waals surface area contributed by atoms with Gasteiger partial charge in [-0.2, -0.15) is 0 Å². The second-order valence-electron chi connectivity index (χ2n) is 7.40. The monoisotopic (exact) mass is 414 g/mol. The smallest absolute Gasteiger partial charge is 0.409 e. The van der Waals surface area contributed by atoms with Crippen LogP contribution in [0, 0.1) is 0 Å². The number of carbonyl (C=O) groups is 1. The van der Waals surface area contributed by atoms with Crippen LogP contribution in [0.1, 0.15) is 33.4 Å². The number of nitrogens with zero attached hydrogens (tertiary/aromatic N) is 4. The second kappa shape index (κ2) is 8.08. The number of amides is 1. The minimum absolute atomic E-state index is 0.305. The number of carbonyl (C=O) groups excluding carboxylic acids is 1. The Morgan fingerprint density at radius 1 is 1.38 bits per heavy atom. The number of rotatable bonds is 5. The fraction of sp³-hybridized carbons (Fsp3) is 0.300. The van der Waals surface area contributed by atoms with Gasteiger partial charge in [0.2, 0.25) is 0 Å². The number of imidazole rings is 1. The molecule has 29 heavy (non-hydrogen) atoms. The van der Waals surface area contributed by atoms with Crippen molar-refractivity contribution in [1.82, 2.24) is 24.8 Å². The lowest BCUT2D eigenvalue weighted by atomic mass is 10.2.